The molecule has 1 amide bonds. The van der Waals surface area contributed by atoms with Crippen molar-refractivity contribution in [3.63, 3.8) is 0 Å². The maximum Gasteiger partial charge on any atom is 0.326 e. The first kappa shape index (κ1) is 17.0. The molecule has 0 saturated carbocycles. The van der Waals surface area contributed by atoms with Crippen LogP contribution in [0.1, 0.15) is 33.6 Å². The van der Waals surface area contributed by atoms with Crippen molar-refractivity contribution < 1.29 is 19.4 Å². The zero-order valence-corrected chi connectivity index (χ0v) is 12.7. The average Bonchev–Trinajstić information content (AvgIpc) is 2.44. The van der Waals surface area contributed by atoms with Crippen LogP contribution >= 0.6 is 0 Å². The number of rotatable bonds is 8. The third-order valence-corrected chi connectivity index (χ3v) is 3.01. The Morgan fingerprint density at radius 2 is 1.86 bits per heavy atom. The smallest absolute Gasteiger partial charge is 0.326 e. The van der Waals surface area contributed by atoms with E-state index in [0.29, 0.717) is 18.6 Å². The van der Waals surface area contributed by atoms with Crippen LogP contribution in [0.25, 0.3) is 0 Å². The standard InChI is InChI=1S/C16H23NO4/c1-4-14(21-12-8-6-5-7-9-12)15(18)17-13(16(19)20)10-11(2)3/h5-9,11,13-14H,4,10H2,1-3H3,(H,17,18)(H,19,20). The topological polar surface area (TPSA) is 75.6 Å². The van der Waals surface area contributed by atoms with Gasteiger partial charge in [0.1, 0.15) is 11.8 Å². The zero-order chi connectivity index (χ0) is 15.8. The van der Waals surface area contributed by atoms with E-state index in [1.54, 1.807) is 12.1 Å². The number of aliphatic carboxylic acids is 1. The molecule has 0 aliphatic carbocycles. The Balaban J connectivity index is 2.67. The van der Waals surface area contributed by atoms with Gasteiger partial charge in [0, 0.05) is 0 Å². The van der Waals surface area contributed by atoms with E-state index in [1.165, 1.54) is 0 Å². The Hall–Kier alpha value is -2.04. The molecule has 5 heteroatoms. The Morgan fingerprint density at radius 1 is 1.24 bits per heavy atom. The van der Waals surface area contributed by atoms with Crippen LogP contribution in [0, 0.1) is 5.92 Å². The van der Waals surface area contributed by atoms with Gasteiger partial charge in [0.05, 0.1) is 0 Å². The van der Waals surface area contributed by atoms with Crippen molar-refractivity contribution in [2.24, 2.45) is 5.92 Å². The number of amides is 1. The second-order valence-electron chi connectivity index (χ2n) is 5.36. The lowest BCUT2D eigenvalue weighted by atomic mass is 10.0. The lowest BCUT2D eigenvalue weighted by Gasteiger charge is -2.21. The second kappa shape index (κ2) is 8.29. The van der Waals surface area contributed by atoms with Crippen LogP contribution in [0.15, 0.2) is 30.3 Å². The molecule has 1 rings (SSSR count). The first-order valence-corrected chi connectivity index (χ1v) is 7.18. The SMILES string of the molecule is CCC(Oc1ccccc1)C(=O)NC(CC(C)C)C(=O)O. The number of hydrogen-bond acceptors (Lipinski definition) is 3. The summed E-state index contributed by atoms with van der Waals surface area (Å²) in [4.78, 5) is 23.4. The van der Waals surface area contributed by atoms with Crippen LogP contribution in [0.5, 0.6) is 5.75 Å². The predicted octanol–water partition coefficient (Wildman–Crippen LogP) is 2.46. The summed E-state index contributed by atoms with van der Waals surface area (Å²) in [6.07, 6.45) is 0.166. The normalized spacial score (nSPS) is 13.5. The van der Waals surface area contributed by atoms with Gasteiger partial charge >= 0.3 is 5.97 Å². The van der Waals surface area contributed by atoms with E-state index >= 15 is 0 Å². The van der Waals surface area contributed by atoms with E-state index in [-0.39, 0.29) is 5.92 Å². The number of carboxylic acid groups (broad SMARTS) is 1. The lowest BCUT2D eigenvalue weighted by Crippen LogP contribution is -2.47. The van der Waals surface area contributed by atoms with Crippen LogP contribution in [0.2, 0.25) is 0 Å². The van der Waals surface area contributed by atoms with Crippen molar-refractivity contribution in [1.82, 2.24) is 5.32 Å². The number of nitrogens with one attached hydrogen (secondary N) is 1. The summed E-state index contributed by atoms with van der Waals surface area (Å²) in [7, 11) is 0. The molecular formula is C16H23NO4. The summed E-state index contributed by atoms with van der Waals surface area (Å²) in [5.74, 6) is -0.641. The number of carbonyl (C=O) groups excluding carboxylic acids is 1. The number of para-hydroxylation sites is 1. The molecule has 21 heavy (non-hydrogen) atoms. The highest BCUT2D eigenvalue weighted by atomic mass is 16.5. The van der Waals surface area contributed by atoms with Gasteiger partial charge in [-0.3, -0.25) is 4.79 Å². The summed E-state index contributed by atoms with van der Waals surface area (Å²) < 4.78 is 5.61. The number of hydrogen-bond donors (Lipinski definition) is 2. The third-order valence-electron chi connectivity index (χ3n) is 3.01. The zero-order valence-electron chi connectivity index (χ0n) is 12.7. The fourth-order valence-electron chi connectivity index (χ4n) is 1.94. The molecule has 5 nitrogen and oxygen atoms in total. The molecule has 0 aliphatic rings. The second-order valence-corrected chi connectivity index (χ2v) is 5.36. The number of carboxylic acids is 1. The first-order valence-electron chi connectivity index (χ1n) is 7.18. The molecule has 2 unspecified atom stereocenters. The molecule has 0 heterocycles. The van der Waals surface area contributed by atoms with Gasteiger partial charge in [0.2, 0.25) is 0 Å². The van der Waals surface area contributed by atoms with Crippen LogP contribution < -0.4 is 10.1 Å². The van der Waals surface area contributed by atoms with Crippen molar-refractivity contribution in [3.05, 3.63) is 30.3 Å². The van der Waals surface area contributed by atoms with E-state index in [9.17, 15) is 9.59 Å². The van der Waals surface area contributed by atoms with Gasteiger partial charge in [0.15, 0.2) is 6.10 Å². The predicted molar refractivity (Wildman–Crippen MR) is 80.2 cm³/mol. The van der Waals surface area contributed by atoms with E-state index in [2.05, 4.69) is 5.32 Å². The van der Waals surface area contributed by atoms with E-state index in [0.717, 1.165) is 0 Å². The largest absolute Gasteiger partial charge is 0.481 e. The third kappa shape index (κ3) is 5.85. The Labute approximate surface area is 125 Å². The minimum atomic E-state index is -1.02. The maximum atomic E-state index is 12.2. The van der Waals surface area contributed by atoms with Gasteiger partial charge in [-0.2, -0.15) is 0 Å². The molecule has 0 spiro atoms. The monoisotopic (exact) mass is 293 g/mol. The Morgan fingerprint density at radius 3 is 2.33 bits per heavy atom. The fourth-order valence-corrected chi connectivity index (χ4v) is 1.94. The highest BCUT2D eigenvalue weighted by molar-refractivity contribution is 5.86. The molecule has 0 radical (unpaired) electrons. The van der Waals surface area contributed by atoms with E-state index < -0.39 is 24.0 Å². The van der Waals surface area contributed by atoms with Crippen molar-refractivity contribution in [1.29, 1.82) is 0 Å². The Kier molecular flexibility index (Phi) is 6.72. The van der Waals surface area contributed by atoms with Crippen molar-refractivity contribution in [2.75, 3.05) is 0 Å². The minimum absolute atomic E-state index is 0.182. The molecule has 1 aromatic carbocycles. The summed E-state index contributed by atoms with van der Waals surface area (Å²) >= 11 is 0. The minimum Gasteiger partial charge on any atom is -0.481 e. The van der Waals surface area contributed by atoms with Crippen LogP contribution in [-0.4, -0.2) is 29.1 Å². The summed E-state index contributed by atoms with van der Waals surface area (Å²) in [6.45, 7) is 5.66. The molecule has 116 valence electrons. The number of benzene rings is 1. The summed E-state index contributed by atoms with van der Waals surface area (Å²) in [6, 6.07) is 8.14. The highest BCUT2D eigenvalue weighted by Gasteiger charge is 2.26. The Bertz CT molecular complexity index is 459. The van der Waals surface area contributed by atoms with E-state index in [4.69, 9.17) is 9.84 Å². The van der Waals surface area contributed by atoms with Gasteiger partial charge < -0.3 is 15.2 Å². The van der Waals surface area contributed by atoms with Crippen molar-refractivity contribution in [3.8, 4) is 5.75 Å². The molecule has 0 saturated heterocycles. The molecule has 2 N–H and O–H groups in total. The molecule has 1 aromatic rings. The summed E-state index contributed by atoms with van der Waals surface area (Å²) in [5.41, 5.74) is 0. The lowest BCUT2D eigenvalue weighted by molar-refractivity contribution is -0.143. The highest BCUT2D eigenvalue weighted by Crippen LogP contribution is 2.13. The maximum absolute atomic E-state index is 12.2. The number of carbonyl (C=O) groups is 2. The van der Waals surface area contributed by atoms with Crippen LogP contribution in [0.4, 0.5) is 0 Å². The fraction of sp³-hybridized carbons (Fsp3) is 0.500. The molecule has 2 atom stereocenters. The van der Waals surface area contributed by atoms with Gasteiger partial charge in [-0.1, -0.05) is 39.0 Å². The molecule has 0 bridgehead atoms. The molecular weight excluding hydrogens is 270 g/mol. The van der Waals surface area contributed by atoms with Crippen LogP contribution in [0.3, 0.4) is 0 Å². The summed E-state index contributed by atoms with van der Waals surface area (Å²) in [5, 5.41) is 11.7. The van der Waals surface area contributed by atoms with Crippen molar-refractivity contribution >= 4 is 11.9 Å². The average molecular weight is 293 g/mol. The van der Waals surface area contributed by atoms with Gasteiger partial charge in [0.25, 0.3) is 5.91 Å². The van der Waals surface area contributed by atoms with Crippen molar-refractivity contribution in [2.45, 2.75) is 45.8 Å². The van der Waals surface area contributed by atoms with Gasteiger partial charge in [-0.05, 0) is 30.9 Å². The van der Waals surface area contributed by atoms with Crippen LogP contribution in [-0.2, 0) is 9.59 Å². The number of ether oxygens (including phenoxy) is 1. The van der Waals surface area contributed by atoms with Gasteiger partial charge in [-0.25, -0.2) is 4.79 Å². The molecule has 0 aromatic heterocycles. The van der Waals surface area contributed by atoms with Gasteiger partial charge in [-0.15, -0.1) is 0 Å². The molecule has 0 aliphatic heterocycles. The quantitative estimate of drug-likeness (QED) is 0.772. The first-order chi connectivity index (χ1) is 9.93. The van der Waals surface area contributed by atoms with E-state index in [1.807, 2.05) is 39.0 Å². The molecule has 0 fully saturated rings.